The Hall–Kier alpha value is -0.640. The van der Waals surface area contributed by atoms with Gasteiger partial charge in [0.1, 0.15) is 5.82 Å². The molecule has 0 heterocycles. The van der Waals surface area contributed by atoms with E-state index in [2.05, 4.69) is 5.43 Å². The molecule has 21 heavy (non-hydrogen) atoms. The summed E-state index contributed by atoms with van der Waals surface area (Å²) in [5, 5.41) is 0.442. The van der Waals surface area contributed by atoms with E-state index in [1.165, 1.54) is 44.6 Å². The van der Waals surface area contributed by atoms with Crippen LogP contribution >= 0.6 is 11.6 Å². The van der Waals surface area contributed by atoms with Gasteiger partial charge >= 0.3 is 0 Å². The highest BCUT2D eigenvalue weighted by molar-refractivity contribution is 6.30. The summed E-state index contributed by atoms with van der Waals surface area (Å²) in [5.41, 5.74) is 3.77. The molecule has 0 amide bonds. The molecule has 4 bridgehead atoms. The van der Waals surface area contributed by atoms with Gasteiger partial charge in [-0.15, -0.1) is 0 Å². The van der Waals surface area contributed by atoms with Gasteiger partial charge in [0.05, 0.1) is 6.04 Å². The SMILES string of the molecule is NNC(c1ccc(Cl)cc1F)C12CC3CC(CC(C3)C1)C2. The lowest BCUT2D eigenvalue weighted by Crippen LogP contribution is -2.53. The second-order valence-corrected chi connectivity index (χ2v) is 7.98. The van der Waals surface area contributed by atoms with Crippen LogP contribution in [0.1, 0.15) is 50.1 Å². The Morgan fingerprint density at radius 3 is 2.19 bits per heavy atom. The maximum absolute atomic E-state index is 14.4. The first-order valence-electron chi connectivity index (χ1n) is 8.01. The van der Waals surface area contributed by atoms with Gasteiger partial charge in [0.25, 0.3) is 0 Å². The Balaban J connectivity index is 1.72. The Kier molecular flexibility index (Phi) is 3.29. The minimum atomic E-state index is -0.235. The second-order valence-electron chi connectivity index (χ2n) is 7.55. The minimum absolute atomic E-state index is 0.0943. The number of hydrogen-bond acceptors (Lipinski definition) is 2. The van der Waals surface area contributed by atoms with E-state index in [1.54, 1.807) is 12.1 Å². The highest BCUT2D eigenvalue weighted by Crippen LogP contribution is 2.64. The van der Waals surface area contributed by atoms with Crippen LogP contribution in [-0.2, 0) is 0 Å². The molecule has 4 heteroatoms. The number of hydrazine groups is 1. The molecule has 0 radical (unpaired) electrons. The monoisotopic (exact) mass is 308 g/mol. The van der Waals surface area contributed by atoms with E-state index in [4.69, 9.17) is 17.4 Å². The van der Waals surface area contributed by atoms with Crippen molar-refractivity contribution in [3.05, 3.63) is 34.6 Å². The average molecular weight is 309 g/mol. The molecule has 1 atom stereocenters. The molecule has 4 fully saturated rings. The Labute approximate surface area is 130 Å². The molecular weight excluding hydrogens is 287 g/mol. The molecule has 2 nitrogen and oxygen atoms in total. The highest BCUT2D eigenvalue weighted by Gasteiger charge is 2.54. The molecule has 1 aromatic rings. The first kappa shape index (κ1) is 14.0. The zero-order chi connectivity index (χ0) is 14.6. The van der Waals surface area contributed by atoms with Gasteiger partial charge in [-0.1, -0.05) is 17.7 Å². The average Bonchev–Trinajstić information content (AvgIpc) is 2.40. The van der Waals surface area contributed by atoms with E-state index in [-0.39, 0.29) is 17.3 Å². The van der Waals surface area contributed by atoms with E-state index < -0.39 is 0 Å². The summed E-state index contributed by atoms with van der Waals surface area (Å²) in [6.07, 6.45) is 7.70. The zero-order valence-electron chi connectivity index (χ0n) is 12.1. The maximum Gasteiger partial charge on any atom is 0.129 e. The molecule has 114 valence electrons. The number of benzene rings is 1. The molecule has 0 spiro atoms. The van der Waals surface area contributed by atoms with E-state index in [0.717, 1.165) is 17.8 Å². The minimum Gasteiger partial charge on any atom is -0.271 e. The summed E-state index contributed by atoms with van der Waals surface area (Å²) in [6.45, 7) is 0. The topological polar surface area (TPSA) is 38.0 Å². The molecule has 5 rings (SSSR count). The van der Waals surface area contributed by atoms with Crippen LogP contribution in [0.15, 0.2) is 18.2 Å². The number of halogens is 2. The predicted molar refractivity (Wildman–Crippen MR) is 82.1 cm³/mol. The highest BCUT2D eigenvalue weighted by atomic mass is 35.5. The standard InChI is InChI=1S/C17H22ClFN2/c18-13-1-2-14(15(19)6-13)16(21-20)17-7-10-3-11(8-17)5-12(4-10)9-17/h1-2,6,10-12,16,21H,3-5,7-9,20H2. The number of rotatable bonds is 3. The third-order valence-electron chi connectivity index (χ3n) is 6.14. The van der Waals surface area contributed by atoms with E-state index in [1.807, 2.05) is 0 Å². The van der Waals surface area contributed by atoms with Crippen LogP contribution in [-0.4, -0.2) is 0 Å². The van der Waals surface area contributed by atoms with Crippen molar-refractivity contribution in [2.45, 2.75) is 44.6 Å². The van der Waals surface area contributed by atoms with Crippen molar-refractivity contribution >= 4 is 11.6 Å². The van der Waals surface area contributed by atoms with E-state index in [0.29, 0.717) is 10.6 Å². The summed E-state index contributed by atoms with van der Waals surface area (Å²) in [4.78, 5) is 0. The second kappa shape index (κ2) is 4.94. The van der Waals surface area contributed by atoms with Crippen molar-refractivity contribution in [1.29, 1.82) is 0 Å². The molecule has 0 aliphatic heterocycles. The van der Waals surface area contributed by atoms with Gasteiger partial charge in [-0.05, 0) is 73.8 Å². The van der Waals surface area contributed by atoms with Crippen LogP contribution in [0.25, 0.3) is 0 Å². The fraction of sp³-hybridized carbons (Fsp3) is 0.647. The smallest absolute Gasteiger partial charge is 0.129 e. The van der Waals surface area contributed by atoms with E-state index >= 15 is 0 Å². The van der Waals surface area contributed by atoms with Crippen LogP contribution in [0, 0.1) is 29.0 Å². The Morgan fingerprint density at radius 1 is 1.14 bits per heavy atom. The van der Waals surface area contributed by atoms with Gasteiger partial charge in [0.15, 0.2) is 0 Å². The maximum atomic E-state index is 14.4. The van der Waals surface area contributed by atoms with Crippen molar-refractivity contribution in [2.24, 2.45) is 29.0 Å². The third kappa shape index (κ3) is 2.21. The summed E-state index contributed by atoms with van der Waals surface area (Å²) in [5.74, 6) is 8.11. The molecule has 1 unspecified atom stereocenters. The fourth-order valence-electron chi connectivity index (χ4n) is 5.86. The predicted octanol–water partition coefficient (Wildman–Crippen LogP) is 4.20. The lowest BCUT2D eigenvalue weighted by molar-refractivity contribution is -0.0755. The molecule has 4 saturated carbocycles. The molecule has 1 aromatic carbocycles. The first-order valence-corrected chi connectivity index (χ1v) is 8.38. The lowest BCUT2D eigenvalue weighted by Gasteiger charge is -2.59. The van der Waals surface area contributed by atoms with Crippen molar-refractivity contribution in [2.75, 3.05) is 0 Å². The van der Waals surface area contributed by atoms with Gasteiger partial charge in [-0.3, -0.25) is 11.3 Å². The summed E-state index contributed by atoms with van der Waals surface area (Å²) < 4.78 is 14.4. The number of nitrogens with one attached hydrogen (secondary N) is 1. The van der Waals surface area contributed by atoms with Gasteiger partial charge < -0.3 is 0 Å². The van der Waals surface area contributed by atoms with Gasteiger partial charge in [0, 0.05) is 10.6 Å². The fourth-order valence-corrected chi connectivity index (χ4v) is 6.02. The quantitative estimate of drug-likeness (QED) is 0.649. The Morgan fingerprint density at radius 2 is 1.71 bits per heavy atom. The van der Waals surface area contributed by atoms with Crippen LogP contribution in [0.5, 0.6) is 0 Å². The van der Waals surface area contributed by atoms with Crippen LogP contribution in [0.4, 0.5) is 4.39 Å². The third-order valence-corrected chi connectivity index (χ3v) is 6.37. The van der Waals surface area contributed by atoms with Crippen molar-refractivity contribution in [3.63, 3.8) is 0 Å². The van der Waals surface area contributed by atoms with Gasteiger partial charge in [-0.25, -0.2) is 4.39 Å². The van der Waals surface area contributed by atoms with Crippen LogP contribution in [0.2, 0.25) is 5.02 Å². The van der Waals surface area contributed by atoms with Crippen molar-refractivity contribution in [1.82, 2.24) is 5.43 Å². The summed E-state index contributed by atoms with van der Waals surface area (Å²) in [6, 6.07) is 4.89. The molecule has 4 aliphatic carbocycles. The summed E-state index contributed by atoms with van der Waals surface area (Å²) in [7, 11) is 0. The Bertz CT molecular complexity index is 524. The van der Waals surface area contributed by atoms with Crippen LogP contribution in [0.3, 0.4) is 0 Å². The molecule has 0 saturated heterocycles. The first-order chi connectivity index (χ1) is 10.1. The number of hydrogen-bond donors (Lipinski definition) is 2. The van der Waals surface area contributed by atoms with Gasteiger partial charge in [-0.2, -0.15) is 0 Å². The van der Waals surface area contributed by atoms with Crippen molar-refractivity contribution in [3.8, 4) is 0 Å². The number of nitrogens with two attached hydrogens (primary N) is 1. The molecule has 4 aliphatic rings. The van der Waals surface area contributed by atoms with Gasteiger partial charge in [0.2, 0.25) is 0 Å². The van der Waals surface area contributed by atoms with E-state index in [9.17, 15) is 4.39 Å². The van der Waals surface area contributed by atoms with Crippen LogP contribution < -0.4 is 11.3 Å². The molecule has 3 N–H and O–H groups in total. The molecule has 0 aromatic heterocycles. The van der Waals surface area contributed by atoms with Crippen molar-refractivity contribution < 1.29 is 4.39 Å². The summed E-state index contributed by atoms with van der Waals surface area (Å²) >= 11 is 5.89. The normalized spacial score (nSPS) is 38.7. The lowest BCUT2D eigenvalue weighted by atomic mass is 9.47. The zero-order valence-corrected chi connectivity index (χ0v) is 12.9. The largest absolute Gasteiger partial charge is 0.271 e. The molecular formula is C17H22ClFN2.